The summed E-state index contributed by atoms with van der Waals surface area (Å²) >= 11 is 1.77. The molecule has 0 aliphatic carbocycles. The second kappa shape index (κ2) is 5.77. The summed E-state index contributed by atoms with van der Waals surface area (Å²) in [7, 11) is 0. The molecule has 0 aromatic carbocycles. The molecule has 1 atom stereocenters. The summed E-state index contributed by atoms with van der Waals surface area (Å²) < 4.78 is 0. The molecule has 0 spiro atoms. The van der Waals surface area contributed by atoms with Gasteiger partial charge in [0.25, 0.3) is 0 Å². The molecular formula is C15H20N2O3S. The average Bonchev–Trinajstić information content (AvgIpc) is 2.88. The Bertz CT molecular complexity index is 551. The minimum atomic E-state index is -0.744. The van der Waals surface area contributed by atoms with E-state index in [0.29, 0.717) is 6.54 Å². The predicted molar refractivity (Wildman–Crippen MR) is 80.2 cm³/mol. The molecule has 1 fully saturated rings. The Morgan fingerprint density at radius 3 is 2.95 bits per heavy atom. The van der Waals surface area contributed by atoms with E-state index >= 15 is 0 Å². The molecule has 114 valence electrons. The van der Waals surface area contributed by atoms with Crippen molar-refractivity contribution in [2.75, 3.05) is 26.2 Å². The lowest BCUT2D eigenvalue weighted by Crippen LogP contribution is -2.54. The fourth-order valence-corrected chi connectivity index (χ4v) is 3.90. The van der Waals surface area contributed by atoms with Gasteiger partial charge in [-0.15, -0.1) is 11.3 Å². The van der Waals surface area contributed by atoms with Gasteiger partial charge in [0.15, 0.2) is 0 Å². The van der Waals surface area contributed by atoms with Crippen LogP contribution in [0.3, 0.4) is 0 Å². The Hall–Kier alpha value is -1.40. The third-order valence-corrected chi connectivity index (χ3v) is 5.62. The Morgan fingerprint density at radius 1 is 1.48 bits per heavy atom. The van der Waals surface area contributed by atoms with Crippen molar-refractivity contribution in [1.82, 2.24) is 9.80 Å². The van der Waals surface area contributed by atoms with Crippen molar-refractivity contribution in [1.29, 1.82) is 0 Å². The van der Waals surface area contributed by atoms with Crippen molar-refractivity contribution in [2.24, 2.45) is 11.8 Å². The van der Waals surface area contributed by atoms with Crippen LogP contribution in [-0.2, 0) is 22.6 Å². The van der Waals surface area contributed by atoms with Gasteiger partial charge in [-0.1, -0.05) is 6.92 Å². The number of aliphatic carboxylic acids is 1. The van der Waals surface area contributed by atoms with E-state index in [4.69, 9.17) is 5.11 Å². The van der Waals surface area contributed by atoms with Crippen LogP contribution in [0, 0.1) is 11.8 Å². The van der Waals surface area contributed by atoms with Gasteiger partial charge in [-0.2, -0.15) is 0 Å². The van der Waals surface area contributed by atoms with Crippen molar-refractivity contribution >= 4 is 23.2 Å². The molecule has 1 aromatic heterocycles. The zero-order valence-corrected chi connectivity index (χ0v) is 12.9. The van der Waals surface area contributed by atoms with Crippen LogP contribution in [0.4, 0.5) is 0 Å². The highest BCUT2D eigenvalue weighted by Gasteiger charge is 2.36. The Morgan fingerprint density at radius 2 is 2.24 bits per heavy atom. The van der Waals surface area contributed by atoms with Gasteiger partial charge in [0.2, 0.25) is 5.91 Å². The molecule has 3 heterocycles. The average molecular weight is 308 g/mol. The number of fused-ring (bicyclic) bond motifs is 1. The van der Waals surface area contributed by atoms with Crippen LogP contribution in [0.1, 0.15) is 17.4 Å². The number of carboxylic acids is 1. The molecule has 1 N–H and O–H groups in total. The number of amides is 1. The van der Waals surface area contributed by atoms with Crippen LogP contribution >= 0.6 is 11.3 Å². The third-order valence-electron chi connectivity index (χ3n) is 4.60. The van der Waals surface area contributed by atoms with Crippen molar-refractivity contribution in [3.63, 3.8) is 0 Å². The van der Waals surface area contributed by atoms with E-state index in [1.807, 2.05) is 4.90 Å². The van der Waals surface area contributed by atoms with E-state index in [2.05, 4.69) is 16.3 Å². The topological polar surface area (TPSA) is 60.9 Å². The van der Waals surface area contributed by atoms with E-state index in [1.165, 1.54) is 10.4 Å². The number of carbonyl (C=O) groups is 2. The molecule has 6 heteroatoms. The van der Waals surface area contributed by atoms with Gasteiger partial charge in [-0.25, -0.2) is 0 Å². The SMILES string of the molecule is CC(C(=O)O)C1CN(CC(=O)N2CCc3sccc3C2)C1. The Balaban J connectivity index is 1.47. The second-order valence-electron chi connectivity index (χ2n) is 6.02. The first-order chi connectivity index (χ1) is 10.0. The van der Waals surface area contributed by atoms with Crippen LogP contribution in [0.5, 0.6) is 0 Å². The lowest BCUT2D eigenvalue weighted by molar-refractivity contribution is -0.146. The van der Waals surface area contributed by atoms with E-state index in [9.17, 15) is 9.59 Å². The molecular weight excluding hydrogens is 288 g/mol. The summed E-state index contributed by atoms with van der Waals surface area (Å²) in [5.41, 5.74) is 1.28. The summed E-state index contributed by atoms with van der Waals surface area (Å²) in [6.45, 7) is 5.13. The van der Waals surface area contributed by atoms with Gasteiger partial charge in [-0.05, 0) is 29.3 Å². The fourth-order valence-electron chi connectivity index (χ4n) is 3.01. The summed E-state index contributed by atoms with van der Waals surface area (Å²) in [6, 6.07) is 2.10. The summed E-state index contributed by atoms with van der Waals surface area (Å²) in [6.07, 6.45) is 0.956. The zero-order chi connectivity index (χ0) is 15.0. The first-order valence-corrected chi connectivity index (χ1v) is 8.20. The normalized spacial score (nSPS) is 20.7. The van der Waals surface area contributed by atoms with Gasteiger partial charge >= 0.3 is 5.97 Å². The van der Waals surface area contributed by atoms with Gasteiger partial charge in [0.1, 0.15) is 0 Å². The largest absolute Gasteiger partial charge is 0.481 e. The number of likely N-dealkylation sites (tertiary alicyclic amines) is 1. The van der Waals surface area contributed by atoms with Crippen molar-refractivity contribution in [3.8, 4) is 0 Å². The smallest absolute Gasteiger partial charge is 0.306 e. The molecule has 1 aromatic rings. The van der Waals surface area contributed by atoms with Crippen LogP contribution in [0.25, 0.3) is 0 Å². The molecule has 0 radical (unpaired) electrons. The van der Waals surface area contributed by atoms with E-state index in [1.54, 1.807) is 18.3 Å². The molecule has 0 bridgehead atoms. The maximum Gasteiger partial charge on any atom is 0.306 e. The summed E-state index contributed by atoms with van der Waals surface area (Å²) in [5, 5.41) is 11.1. The maximum absolute atomic E-state index is 12.3. The molecule has 0 saturated carbocycles. The molecule has 3 rings (SSSR count). The minimum Gasteiger partial charge on any atom is -0.481 e. The van der Waals surface area contributed by atoms with Crippen LogP contribution in [-0.4, -0.2) is 53.0 Å². The highest BCUT2D eigenvalue weighted by Crippen LogP contribution is 2.26. The van der Waals surface area contributed by atoms with Crippen molar-refractivity contribution < 1.29 is 14.7 Å². The van der Waals surface area contributed by atoms with Gasteiger partial charge in [0, 0.05) is 31.1 Å². The lowest BCUT2D eigenvalue weighted by atomic mass is 9.87. The van der Waals surface area contributed by atoms with Crippen LogP contribution in [0.2, 0.25) is 0 Å². The highest BCUT2D eigenvalue weighted by atomic mass is 32.1. The third kappa shape index (κ3) is 2.96. The molecule has 1 saturated heterocycles. The summed E-state index contributed by atoms with van der Waals surface area (Å²) in [5.74, 6) is -0.722. The van der Waals surface area contributed by atoms with E-state index < -0.39 is 5.97 Å². The maximum atomic E-state index is 12.3. The van der Waals surface area contributed by atoms with Gasteiger partial charge < -0.3 is 10.0 Å². The minimum absolute atomic E-state index is 0.160. The van der Waals surface area contributed by atoms with Crippen LogP contribution < -0.4 is 0 Å². The van der Waals surface area contributed by atoms with E-state index in [0.717, 1.165) is 32.6 Å². The van der Waals surface area contributed by atoms with E-state index in [-0.39, 0.29) is 17.7 Å². The predicted octanol–water partition coefficient (Wildman–Crippen LogP) is 1.29. The molecule has 1 amide bonds. The number of nitrogens with zero attached hydrogens (tertiary/aromatic N) is 2. The first-order valence-electron chi connectivity index (χ1n) is 7.32. The second-order valence-corrected chi connectivity index (χ2v) is 7.02. The number of thiophene rings is 1. The fraction of sp³-hybridized carbons (Fsp3) is 0.600. The number of carbonyl (C=O) groups excluding carboxylic acids is 1. The highest BCUT2D eigenvalue weighted by molar-refractivity contribution is 7.10. The summed E-state index contributed by atoms with van der Waals surface area (Å²) in [4.78, 5) is 28.6. The quantitative estimate of drug-likeness (QED) is 0.910. The molecule has 2 aliphatic rings. The molecule has 2 aliphatic heterocycles. The first kappa shape index (κ1) is 14.5. The molecule has 5 nitrogen and oxygen atoms in total. The zero-order valence-electron chi connectivity index (χ0n) is 12.1. The number of hydrogen-bond donors (Lipinski definition) is 1. The Labute approximate surface area is 128 Å². The Kier molecular flexibility index (Phi) is 3.99. The van der Waals surface area contributed by atoms with Crippen molar-refractivity contribution in [3.05, 3.63) is 21.9 Å². The van der Waals surface area contributed by atoms with Crippen molar-refractivity contribution in [2.45, 2.75) is 19.9 Å². The molecule has 1 unspecified atom stereocenters. The molecule has 21 heavy (non-hydrogen) atoms. The number of rotatable bonds is 4. The number of carboxylic acid groups (broad SMARTS) is 1. The standard InChI is InChI=1S/C15H20N2O3S/c1-10(15(19)20)12-6-16(7-12)9-14(18)17-4-2-13-11(8-17)3-5-21-13/h3,5,10,12H,2,4,6-9H2,1H3,(H,19,20). The van der Waals surface area contributed by atoms with Gasteiger partial charge in [0.05, 0.1) is 12.5 Å². The number of hydrogen-bond acceptors (Lipinski definition) is 4. The lowest BCUT2D eigenvalue weighted by Gasteiger charge is -2.41. The van der Waals surface area contributed by atoms with Gasteiger partial charge in [-0.3, -0.25) is 14.5 Å². The monoisotopic (exact) mass is 308 g/mol. The van der Waals surface area contributed by atoms with Crippen LogP contribution in [0.15, 0.2) is 11.4 Å².